The lowest BCUT2D eigenvalue weighted by atomic mass is 10.0. The van der Waals surface area contributed by atoms with E-state index < -0.39 is 18.7 Å². The summed E-state index contributed by atoms with van der Waals surface area (Å²) >= 11 is 0. The minimum Gasteiger partial charge on any atom is -0.482 e. The third-order valence-electron chi connectivity index (χ3n) is 6.27. The number of alkyl halides is 1. The first-order valence-corrected chi connectivity index (χ1v) is 11.3. The summed E-state index contributed by atoms with van der Waals surface area (Å²) in [6.07, 6.45) is 0.0786. The topological polar surface area (TPSA) is 99.2 Å². The fourth-order valence-electron chi connectivity index (χ4n) is 4.45. The zero-order valence-electron chi connectivity index (χ0n) is 19.0. The number of carboxylic acid groups (broad SMARTS) is 1. The number of nitrogens with one attached hydrogen (secondary N) is 1. The predicted octanol–water partition coefficient (Wildman–Crippen LogP) is 2.43. The van der Waals surface area contributed by atoms with Gasteiger partial charge in [-0.05, 0) is 41.3 Å². The van der Waals surface area contributed by atoms with E-state index in [9.17, 15) is 18.8 Å². The first kappa shape index (κ1) is 23.7. The van der Waals surface area contributed by atoms with E-state index in [0.29, 0.717) is 38.2 Å². The minimum absolute atomic E-state index is 0.0579. The molecule has 0 saturated carbocycles. The fraction of sp³-hybridized carbons (Fsp3) is 0.400. The molecular weight excluding hydrogens is 441 g/mol. The molecule has 2 aromatic rings. The third-order valence-corrected chi connectivity index (χ3v) is 6.27. The minimum atomic E-state index is -1.08. The largest absolute Gasteiger partial charge is 0.482 e. The van der Waals surface area contributed by atoms with Crippen molar-refractivity contribution in [1.29, 1.82) is 0 Å². The third kappa shape index (κ3) is 5.72. The predicted molar refractivity (Wildman–Crippen MR) is 124 cm³/mol. The number of halogens is 1. The zero-order valence-corrected chi connectivity index (χ0v) is 19.0. The van der Waals surface area contributed by atoms with Gasteiger partial charge in [-0.2, -0.15) is 0 Å². The number of carbonyl (C=O) groups excluding carboxylic acids is 2. The quantitative estimate of drug-likeness (QED) is 0.585. The Kier molecular flexibility index (Phi) is 7.12. The molecule has 0 bridgehead atoms. The van der Waals surface area contributed by atoms with Crippen molar-refractivity contribution in [2.75, 3.05) is 38.6 Å². The van der Waals surface area contributed by atoms with E-state index >= 15 is 0 Å². The molecule has 1 fully saturated rings. The lowest BCUT2D eigenvalue weighted by molar-refractivity contribution is -0.139. The van der Waals surface area contributed by atoms with Crippen molar-refractivity contribution >= 4 is 23.5 Å². The number of ether oxygens (including phenoxy) is 1. The number of likely N-dealkylation sites (tertiary alicyclic amines) is 1. The Morgan fingerprint density at radius 3 is 2.85 bits per heavy atom. The van der Waals surface area contributed by atoms with Crippen LogP contribution in [-0.4, -0.2) is 72.2 Å². The van der Waals surface area contributed by atoms with Crippen LogP contribution in [0, 0.1) is 0 Å². The summed E-state index contributed by atoms with van der Waals surface area (Å²) in [6, 6.07) is 12.2. The van der Waals surface area contributed by atoms with Gasteiger partial charge in [0.2, 0.25) is 11.8 Å². The Hall–Kier alpha value is -3.46. The van der Waals surface area contributed by atoms with E-state index in [-0.39, 0.29) is 24.3 Å². The molecule has 8 nitrogen and oxygen atoms in total. The van der Waals surface area contributed by atoms with Gasteiger partial charge >= 0.3 is 5.97 Å². The number of benzene rings is 2. The highest BCUT2D eigenvalue weighted by molar-refractivity contribution is 5.99. The maximum Gasteiger partial charge on any atom is 0.341 e. The van der Waals surface area contributed by atoms with Crippen molar-refractivity contribution in [1.82, 2.24) is 9.80 Å². The van der Waals surface area contributed by atoms with E-state index in [0.717, 1.165) is 22.4 Å². The van der Waals surface area contributed by atoms with Crippen LogP contribution in [0.15, 0.2) is 42.5 Å². The number of hydrogen-bond acceptors (Lipinski definition) is 5. The Morgan fingerprint density at radius 2 is 2.12 bits per heavy atom. The van der Waals surface area contributed by atoms with Gasteiger partial charge in [-0.1, -0.05) is 24.3 Å². The molecule has 2 aliphatic rings. The average molecular weight is 470 g/mol. The van der Waals surface area contributed by atoms with Crippen LogP contribution in [0.2, 0.25) is 0 Å². The molecule has 0 spiro atoms. The number of aliphatic carboxylic acids is 1. The van der Waals surface area contributed by atoms with Gasteiger partial charge in [0.05, 0.1) is 18.9 Å². The normalized spacial score (nSPS) is 18.3. The second-order valence-corrected chi connectivity index (χ2v) is 8.81. The Bertz CT molecular complexity index is 1090. The molecule has 9 heteroatoms. The lowest BCUT2D eigenvalue weighted by Gasteiger charge is -2.32. The summed E-state index contributed by atoms with van der Waals surface area (Å²) in [5.74, 6) is -0.865. The second kappa shape index (κ2) is 10.2. The highest BCUT2D eigenvalue weighted by Crippen LogP contribution is 2.28. The van der Waals surface area contributed by atoms with Gasteiger partial charge in [-0.15, -0.1) is 0 Å². The molecule has 2 aliphatic heterocycles. The van der Waals surface area contributed by atoms with Crippen LogP contribution in [0.5, 0.6) is 5.75 Å². The summed E-state index contributed by atoms with van der Waals surface area (Å²) in [5.41, 5.74) is 3.23. The zero-order chi connectivity index (χ0) is 24.2. The van der Waals surface area contributed by atoms with E-state index in [1.54, 1.807) is 30.1 Å². The highest BCUT2D eigenvalue weighted by Gasteiger charge is 2.29. The molecule has 2 N–H and O–H groups in total. The lowest BCUT2D eigenvalue weighted by Crippen LogP contribution is -2.39. The molecule has 1 unspecified atom stereocenters. The van der Waals surface area contributed by atoms with E-state index in [1.165, 1.54) is 0 Å². The molecule has 2 heterocycles. The van der Waals surface area contributed by atoms with Gasteiger partial charge in [0.15, 0.2) is 6.61 Å². The van der Waals surface area contributed by atoms with Gasteiger partial charge in [-0.3, -0.25) is 14.5 Å². The summed E-state index contributed by atoms with van der Waals surface area (Å²) in [5, 5.41) is 11.7. The molecule has 180 valence electrons. The summed E-state index contributed by atoms with van der Waals surface area (Å²) in [7, 11) is 1.72. The van der Waals surface area contributed by atoms with Gasteiger partial charge in [0.25, 0.3) is 0 Å². The van der Waals surface area contributed by atoms with Crippen LogP contribution in [0.1, 0.15) is 29.2 Å². The van der Waals surface area contributed by atoms with Crippen LogP contribution < -0.4 is 10.1 Å². The Balaban J connectivity index is 1.52. The van der Waals surface area contributed by atoms with Crippen LogP contribution in [0.4, 0.5) is 10.1 Å². The molecule has 2 amide bonds. The van der Waals surface area contributed by atoms with E-state index in [1.807, 2.05) is 29.2 Å². The number of carbonyl (C=O) groups is 3. The van der Waals surface area contributed by atoms with Crippen molar-refractivity contribution in [3.8, 4) is 5.75 Å². The number of nitrogens with zero attached hydrogens (tertiary/aromatic N) is 2. The molecule has 2 aromatic carbocycles. The number of anilines is 1. The number of hydrogen-bond donors (Lipinski definition) is 2. The standard InChI is InChI=1S/C25H28FN3O5/c1-28(24(31)10-16-5-6-17-12-23(30)27-21(17)9-16)22(14-29-8-7-19(26)13-29)18-3-2-4-20(11-18)34-15-25(32)33/h2-6,9,11,19,22H,7-8,10,12-15H2,1H3,(H,27,30)(H,32,33)/t19?,22-/m1/s1. The average Bonchev–Trinajstić information content (AvgIpc) is 3.39. The van der Waals surface area contributed by atoms with Gasteiger partial charge < -0.3 is 20.1 Å². The second-order valence-electron chi connectivity index (χ2n) is 8.81. The van der Waals surface area contributed by atoms with Crippen molar-refractivity contribution in [3.05, 3.63) is 59.2 Å². The van der Waals surface area contributed by atoms with Gasteiger partial charge in [-0.25, -0.2) is 9.18 Å². The van der Waals surface area contributed by atoms with Crippen LogP contribution in [-0.2, 0) is 27.2 Å². The summed E-state index contributed by atoms with van der Waals surface area (Å²) in [4.78, 5) is 39.4. The molecule has 0 aromatic heterocycles. The molecular formula is C25H28FN3O5. The smallest absolute Gasteiger partial charge is 0.341 e. The van der Waals surface area contributed by atoms with Gasteiger partial charge in [0.1, 0.15) is 11.9 Å². The molecule has 1 saturated heterocycles. The molecule has 2 atom stereocenters. The first-order chi connectivity index (χ1) is 16.3. The number of amides is 2. The number of likely N-dealkylation sites (N-methyl/N-ethyl adjacent to an activating group) is 1. The Morgan fingerprint density at radius 1 is 1.29 bits per heavy atom. The van der Waals surface area contributed by atoms with E-state index in [2.05, 4.69) is 5.32 Å². The molecule has 0 aliphatic carbocycles. The summed E-state index contributed by atoms with van der Waals surface area (Å²) in [6.45, 7) is 0.913. The maximum atomic E-state index is 13.8. The monoisotopic (exact) mass is 469 g/mol. The Labute approximate surface area is 197 Å². The van der Waals surface area contributed by atoms with E-state index in [4.69, 9.17) is 9.84 Å². The molecule has 0 radical (unpaired) electrons. The SMILES string of the molecule is CN(C(=O)Cc1ccc2c(c1)NC(=O)C2)[C@H](CN1CCC(F)C1)c1cccc(OCC(=O)O)c1. The van der Waals surface area contributed by atoms with Crippen LogP contribution >= 0.6 is 0 Å². The highest BCUT2D eigenvalue weighted by atomic mass is 19.1. The van der Waals surface area contributed by atoms with Gasteiger partial charge in [0, 0.05) is 32.4 Å². The van der Waals surface area contributed by atoms with Crippen molar-refractivity contribution in [3.63, 3.8) is 0 Å². The molecule has 4 rings (SSSR count). The number of fused-ring (bicyclic) bond motifs is 1. The number of rotatable bonds is 9. The number of carboxylic acids is 1. The van der Waals surface area contributed by atoms with Crippen molar-refractivity contribution < 1.29 is 28.6 Å². The van der Waals surface area contributed by atoms with Crippen molar-refractivity contribution in [2.24, 2.45) is 0 Å². The van der Waals surface area contributed by atoms with Crippen molar-refractivity contribution in [2.45, 2.75) is 31.5 Å². The fourth-order valence-corrected chi connectivity index (χ4v) is 4.45. The van der Waals surface area contributed by atoms with Crippen LogP contribution in [0.3, 0.4) is 0 Å². The first-order valence-electron chi connectivity index (χ1n) is 11.3. The van der Waals surface area contributed by atoms with Crippen LogP contribution in [0.25, 0.3) is 0 Å². The maximum absolute atomic E-state index is 13.8. The molecule has 34 heavy (non-hydrogen) atoms. The summed E-state index contributed by atoms with van der Waals surface area (Å²) < 4.78 is 19.1.